The SMILES string of the molecule is Cc1ccc(NS(=O)(=O)c2ccc(OCC(=O)NC[C@@H]3CCCO3)cc2)cc1C. The van der Waals surface area contributed by atoms with Gasteiger partial charge in [0.1, 0.15) is 5.75 Å². The van der Waals surface area contributed by atoms with E-state index in [0.29, 0.717) is 18.0 Å². The smallest absolute Gasteiger partial charge is 0.261 e. The molecule has 2 aromatic carbocycles. The summed E-state index contributed by atoms with van der Waals surface area (Å²) in [5, 5.41) is 2.77. The Hall–Kier alpha value is -2.58. The number of hydrogen-bond donors (Lipinski definition) is 2. The minimum atomic E-state index is -3.71. The number of carbonyl (C=O) groups excluding carboxylic acids is 1. The topological polar surface area (TPSA) is 93.7 Å². The second-order valence-corrected chi connectivity index (χ2v) is 8.79. The predicted octanol–water partition coefficient (Wildman–Crippen LogP) is 2.78. The van der Waals surface area contributed by atoms with Crippen LogP contribution in [0.15, 0.2) is 47.4 Å². The number of ether oxygens (including phenoxy) is 2. The Labute approximate surface area is 171 Å². The molecule has 156 valence electrons. The lowest BCUT2D eigenvalue weighted by molar-refractivity contribution is -0.123. The van der Waals surface area contributed by atoms with E-state index >= 15 is 0 Å². The van der Waals surface area contributed by atoms with E-state index in [1.54, 1.807) is 12.1 Å². The molecule has 1 aliphatic heterocycles. The fourth-order valence-corrected chi connectivity index (χ4v) is 4.02. The maximum absolute atomic E-state index is 12.6. The Bertz CT molecular complexity index is 952. The van der Waals surface area contributed by atoms with Crippen molar-refractivity contribution in [1.29, 1.82) is 0 Å². The predicted molar refractivity (Wildman–Crippen MR) is 111 cm³/mol. The molecule has 1 saturated heterocycles. The number of sulfonamides is 1. The molecule has 8 heteroatoms. The lowest BCUT2D eigenvalue weighted by Gasteiger charge is -2.12. The summed E-state index contributed by atoms with van der Waals surface area (Å²) in [6.45, 7) is 4.97. The third kappa shape index (κ3) is 5.95. The van der Waals surface area contributed by atoms with Gasteiger partial charge in [-0.15, -0.1) is 0 Å². The number of aryl methyl sites for hydroxylation is 2. The van der Waals surface area contributed by atoms with Crippen molar-refractivity contribution >= 4 is 21.6 Å². The molecule has 3 rings (SSSR count). The minimum Gasteiger partial charge on any atom is -0.484 e. The van der Waals surface area contributed by atoms with Crippen molar-refractivity contribution < 1.29 is 22.7 Å². The molecule has 0 saturated carbocycles. The van der Waals surface area contributed by atoms with Crippen molar-refractivity contribution in [2.75, 3.05) is 24.5 Å². The van der Waals surface area contributed by atoms with E-state index in [9.17, 15) is 13.2 Å². The zero-order valence-corrected chi connectivity index (χ0v) is 17.4. The van der Waals surface area contributed by atoms with E-state index in [-0.39, 0.29) is 23.5 Å². The fourth-order valence-electron chi connectivity index (χ4n) is 2.97. The highest BCUT2D eigenvalue weighted by Crippen LogP contribution is 2.21. The van der Waals surface area contributed by atoms with Gasteiger partial charge in [-0.1, -0.05) is 6.07 Å². The minimum absolute atomic E-state index is 0.0771. The summed E-state index contributed by atoms with van der Waals surface area (Å²) in [4.78, 5) is 12.0. The molecule has 0 unspecified atom stereocenters. The molecular formula is C21H26N2O5S. The van der Waals surface area contributed by atoms with E-state index in [1.165, 1.54) is 24.3 Å². The second-order valence-electron chi connectivity index (χ2n) is 7.10. The van der Waals surface area contributed by atoms with Crippen LogP contribution < -0.4 is 14.8 Å². The third-order valence-electron chi connectivity index (χ3n) is 4.81. The highest BCUT2D eigenvalue weighted by atomic mass is 32.2. The normalized spacial score (nSPS) is 16.4. The number of nitrogens with one attached hydrogen (secondary N) is 2. The van der Waals surface area contributed by atoms with Crippen molar-refractivity contribution in [2.24, 2.45) is 0 Å². The number of amides is 1. The molecule has 2 N–H and O–H groups in total. The molecule has 29 heavy (non-hydrogen) atoms. The summed E-state index contributed by atoms with van der Waals surface area (Å²) in [5.74, 6) is 0.177. The van der Waals surface area contributed by atoms with Gasteiger partial charge in [-0.25, -0.2) is 8.42 Å². The molecule has 0 bridgehead atoms. The zero-order chi connectivity index (χ0) is 20.9. The van der Waals surface area contributed by atoms with E-state index in [1.807, 2.05) is 19.9 Å². The molecule has 1 fully saturated rings. The highest BCUT2D eigenvalue weighted by molar-refractivity contribution is 7.92. The van der Waals surface area contributed by atoms with Crippen LogP contribution in [0.1, 0.15) is 24.0 Å². The van der Waals surface area contributed by atoms with Gasteiger partial charge in [0.2, 0.25) is 0 Å². The van der Waals surface area contributed by atoms with Crippen molar-refractivity contribution in [3.05, 3.63) is 53.6 Å². The van der Waals surface area contributed by atoms with Crippen LogP contribution in [0.4, 0.5) is 5.69 Å². The van der Waals surface area contributed by atoms with Gasteiger partial charge in [0.05, 0.1) is 11.0 Å². The maximum atomic E-state index is 12.6. The summed E-state index contributed by atoms with van der Waals surface area (Å²) in [6.07, 6.45) is 2.05. The summed E-state index contributed by atoms with van der Waals surface area (Å²) < 4.78 is 38.6. The first-order valence-electron chi connectivity index (χ1n) is 9.55. The first-order valence-corrected chi connectivity index (χ1v) is 11.0. The molecule has 1 heterocycles. The van der Waals surface area contributed by atoms with Crippen molar-refractivity contribution in [2.45, 2.75) is 37.7 Å². The van der Waals surface area contributed by atoms with Crippen LogP contribution in [0, 0.1) is 13.8 Å². The summed E-state index contributed by atoms with van der Waals surface area (Å²) in [6, 6.07) is 11.3. The number of rotatable bonds is 8. The highest BCUT2D eigenvalue weighted by Gasteiger charge is 2.17. The zero-order valence-electron chi connectivity index (χ0n) is 16.6. The van der Waals surface area contributed by atoms with Crippen molar-refractivity contribution in [3.63, 3.8) is 0 Å². The standard InChI is InChI=1S/C21H26N2O5S/c1-15-5-6-17(12-16(15)2)23-29(25,26)20-9-7-18(8-10-20)28-14-21(24)22-13-19-4-3-11-27-19/h5-10,12,19,23H,3-4,11,13-14H2,1-2H3,(H,22,24)/t19-/m0/s1. The second kappa shape index (κ2) is 9.28. The quantitative estimate of drug-likeness (QED) is 0.688. The molecular weight excluding hydrogens is 392 g/mol. The van der Waals surface area contributed by atoms with E-state index in [2.05, 4.69) is 10.0 Å². The van der Waals surface area contributed by atoms with E-state index in [4.69, 9.17) is 9.47 Å². The van der Waals surface area contributed by atoms with Crippen LogP contribution in [0.5, 0.6) is 5.75 Å². The Morgan fingerprint density at radius 2 is 1.90 bits per heavy atom. The molecule has 0 aromatic heterocycles. The van der Waals surface area contributed by atoms with Gasteiger partial charge in [0, 0.05) is 18.8 Å². The maximum Gasteiger partial charge on any atom is 0.261 e. The first-order chi connectivity index (χ1) is 13.8. The van der Waals surface area contributed by atoms with E-state index < -0.39 is 10.0 Å². The molecule has 7 nitrogen and oxygen atoms in total. The van der Waals surface area contributed by atoms with Gasteiger partial charge in [0.25, 0.3) is 15.9 Å². The summed E-state index contributed by atoms with van der Waals surface area (Å²) >= 11 is 0. The van der Waals surface area contributed by atoms with Crippen molar-refractivity contribution in [3.8, 4) is 5.75 Å². The largest absolute Gasteiger partial charge is 0.484 e. The number of hydrogen-bond acceptors (Lipinski definition) is 5. The fraction of sp³-hybridized carbons (Fsp3) is 0.381. The number of carbonyl (C=O) groups is 1. The molecule has 0 spiro atoms. The third-order valence-corrected chi connectivity index (χ3v) is 6.21. The van der Waals surface area contributed by atoms with Gasteiger partial charge in [0.15, 0.2) is 6.61 Å². The van der Waals surface area contributed by atoms with Gasteiger partial charge in [-0.3, -0.25) is 9.52 Å². The monoisotopic (exact) mass is 418 g/mol. The van der Waals surface area contributed by atoms with Gasteiger partial charge in [-0.2, -0.15) is 0 Å². The van der Waals surface area contributed by atoms with Crippen LogP contribution in [-0.4, -0.2) is 40.2 Å². The Kier molecular flexibility index (Phi) is 6.76. The number of benzene rings is 2. The van der Waals surface area contributed by atoms with Gasteiger partial charge >= 0.3 is 0 Å². The Morgan fingerprint density at radius 1 is 1.14 bits per heavy atom. The van der Waals surface area contributed by atoms with Crippen LogP contribution in [0.3, 0.4) is 0 Å². The van der Waals surface area contributed by atoms with Gasteiger partial charge in [-0.05, 0) is 74.2 Å². The first kappa shape index (κ1) is 21.1. The summed E-state index contributed by atoms with van der Waals surface area (Å²) in [5.41, 5.74) is 2.61. The lowest BCUT2D eigenvalue weighted by atomic mass is 10.1. The molecule has 1 amide bonds. The van der Waals surface area contributed by atoms with Crippen molar-refractivity contribution in [1.82, 2.24) is 5.32 Å². The van der Waals surface area contributed by atoms with Crippen LogP contribution >= 0.6 is 0 Å². The average molecular weight is 419 g/mol. The Morgan fingerprint density at radius 3 is 2.55 bits per heavy atom. The summed E-state index contributed by atoms with van der Waals surface area (Å²) in [7, 11) is -3.71. The van der Waals surface area contributed by atoms with Gasteiger partial charge < -0.3 is 14.8 Å². The lowest BCUT2D eigenvalue weighted by Crippen LogP contribution is -2.35. The molecule has 0 radical (unpaired) electrons. The number of anilines is 1. The molecule has 0 aliphatic carbocycles. The Balaban J connectivity index is 1.53. The molecule has 1 aliphatic rings. The van der Waals surface area contributed by atoms with Crippen LogP contribution in [0.25, 0.3) is 0 Å². The molecule has 2 aromatic rings. The van der Waals surface area contributed by atoms with E-state index in [0.717, 1.165) is 30.6 Å². The average Bonchev–Trinajstić information content (AvgIpc) is 3.21. The van der Waals surface area contributed by atoms with Crippen LogP contribution in [-0.2, 0) is 19.6 Å². The molecule has 1 atom stereocenters. The van der Waals surface area contributed by atoms with Crippen LogP contribution in [0.2, 0.25) is 0 Å².